The molecular formula is C14H17N3O3. The number of benzene rings is 1. The lowest BCUT2D eigenvalue weighted by Crippen LogP contribution is -2.58. The first-order chi connectivity index (χ1) is 9.63. The van der Waals surface area contributed by atoms with Crippen LogP contribution in [0.25, 0.3) is 0 Å². The molecule has 0 saturated carbocycles. The molecule has 2 aromatic rings. The summed E-state index contributed by atoms with van der Waals surface area (Å²) in [5.74, 6) is 1.36. The summed E-state index contributed by atoms with van der Waals surface area (Å²) in [6, 6.07) is 6.96. The number of phenolic OH excluding ortho intramolecular Hbond substituents is 1. The summed E-state index contributed by atoms with van der Waals surface area (Å²) in [5.41, 5.74) is 0.900. The van der Waals surface area contributed by atoms with Crippen LogP contribution in [0, 0.1) is 0 Å². The fraction of sp³-hybridized carbons (Fsp3) is 0.429. The maximum absolute atomic E-state index is 9.23. The first-order valence-electron chi connectivity index (χ1n) is 6.57. The molecule has 1 aromatic carbocycles. The van der Waals surface area contributed by atoms with Crippen LogP contribution in [0.1, 0.15) is 24.2 Å². The van der Waals surface area contributed by atoms with Crippen LogP contribution in [-0.2, 0) is 17.8 Å². The highest BCUT2D eigenvalue weighted by molar-refractivity contribution is 5.27. The topological polar surface area (TPSA) is 80.4 Å². The minimum absolute atomic E-state index is 0.119. The van der Waals surface area contributed by atoms with Gasteiger partial charge in [0, 0.05) is 19.5 Å². The van der Waals surface area contributed by atoms with Gasteiger partial charge in [-0.15, -0.1) is 0 Å². The first-order valence-corrected chi connectivity index (χ1v) is 6.57. The molecule has 1 fully saturated rings. The minimum Gasteiger partial charge on any atom is -0.508 e. The van der Waals surface area contributed by atoms with Crippen molar-refractivity contribution < 1.29 is 14.4 Å². The van der Waals surface area contributed by atoms with Crippen molar-refractivity contribution >= 4 is 0 Å². The molecule has 0 unspecified atom stereocenters. The molecule has 2 heterocycles. The molecule has 1 saturated heterocycles. The number of nitrogens with zero attached hydrogens (tertiary/aromatic N) is 2. The lowest BCUT2D eigenvalue weighted by Gasteiger charge is -2.38. The lowest BCUT2D eigenvalue weighted by molar-refractivity contribution is -0.0841. The Hall–Kier alpha value is -1.92. The van der Waals surface area contributed by atoms with Gasteiger partial charge in [0.05, 0.1) is 5.60 Å². The van der Waals surface area contributed by atoms with Gasteiger partial charge in [-0.05, 0) is 24.6 Å². The molecule has 106 valence electrons. The number of phenols is 1. The average molecular weight is 275 g/mol. The Kier molecular flexibility index (Phi) is 3.42. The molecule has 0 atom stereocenters. The largest absolute Gasteiger partial charge is 0.508 e. The van der Waals surface area contributed by atoms with Gasteiger partial charge >= 0.3 is 0 Å². The molecule has 6 nitrogen and oxygen atoms in total. The second-order valence-corrected chi connectivity index (χ2v) is 5.29. The number of aromatic nitrogens is 2. The van der Waals surface area contributed by atoms with Gasteiger partial charge in [-0.1, -0.05) is 17.3 Å². The van der Waals surface area contributed by atoms with Crippen molar-refractivity contribution in [3.05, 3.63) is 41.5 Å². The third kappa shape index (κ3) is 2.97. The summed E-state index contributed by atoms with van der Waals surface area (Å²) in [5, 5.41) is 16.3. The number of rotatable bonds is 5. The van der Waals surface area contributed by atoms with Crippen LogP contribution < -0.4 is 5.32 Å². The molecule has 0 aliphatic carbocycles. The Morgan fingerprint density at radius 1 is 1.35 bits per heavy atom. The summed E-state index contributed by atoms with van der Waals surface area (Å²) >= 11 is 0. The summed E-state index contributed by atoms with van der Waals surface area (Å²) in [6.45, 7) is 4.08. The number of ether oxygens (including phenoxy) is 1. The van der Waals surface area contributed by atoms with Crippen LogP contribution >= 0.6 is 0 Å². The van der Waals surface area contributed by atoms with E-state index in [-0.39, 0.29) is 11.4 Å². The standard InChI is InChI=1S/C14H17N3O3/c1-14(8-15-9-14)19-7-13-16-12(17-20-13)6-10-2-4-11(18)5-3-10/h2-5,15,18H,6-9H2,1H3. The lowest BCUT2D eigenvalue weighted by atomic mass is 10.0. The van der Waals surface area contributed by atoms with Crippen LogP contribution in [0.5, 0.6) is 5.75 Å². The van der Waals surface area contributed by atoms with Crippen LogP contribution in [0.3, 0.4) is 0 Å². The monoisotopic (exact) mass is 275 g/mol. The smallest absolute Gasteiger partial charge is 0.252 e. The Balaban J connectivity index is 1.57. The molecule has 0 spiro atoms. The molecule has 6 heteroatoms. The van der Waals surface area contributed by atoms with E-state index in [2.05, 4.69) is 22.4 Å². The molecule has 2 N–H and O–H groups in total. The third-order valence-corrected chi connectivity index (χ3v) is 3.35. The molecule has 1 aromatic heterocycles. The van der Waals surface area contributed by atoms with Crippen LogP contribution in [0.2, 0.25) is 0 Å². The Morgan fingerprint density at radius 2 is 2.10 bits per heavy atom. The predicted octanol–water partition coefficient (Wildman–Crippen LogP) is 1.24. The van der Waals surface area contributed by atoms with Crippen LogP contribution in [0.4, 0.5) is 0 Å². The van der Waals surface area contributed by atoms with Crippen molar-refractivity contribution in [1.29, 1.82) is 0 Å². The molecule has 3 rings (SSSR count). The maximum Gasteiger partial charge on any atom is 0.252 e. The van der Waals surface area contributed by atoms with E-state index >= 15 is 0 Å². The molecule has 0 amide bonds. The first kappa shape index (κ1) is 13.1. The zero-order valence-corrected chi connectivity index (χ0v) is 11.3. The van der Waals surface area contributed by atoms with Gasteiger partial charge in [0.25, 0.3) is 5.89 Å². The number of hydrogen-bond acceptors (Lipinski definition) is 6. The van der Waals surface area contributed by atoms with E-state index < -0.39 is 0 Å². The zero-order chi connectivity index (χ0) is 14.0. The van der Waals surface area contributed by atoms with E-state index in [4.69, 9.17) is 9.26 Å². The van der Waals surface area contributed by atoms with Crippen molar-refractivity contribution in [2.45, 2.75) is 25.6 Å². The normalized spacial score (nSPS) is 16.9. The highest BCUT2D eigenvalue weighted by Gasteiger charge is 2.32. The van der Waals surface area contributed by atoms with Crippen molar-refractivity contribution in [1.82, 2.24) is 15.5 Å². The van der Waals surface area contributed by atoms with Crippen molar-refractivity contribution in [2.24, 2.45) is 0 Å². The van der Waals surface area contributed by atoms with E-state index in [0.717, 1.165) is 18.7 Å². The van der Waals surface area contributed by atoms with Gasteiger partial charge in [-0.25, -0.2) is 0 Å². The van der Waals surface area contributed by atoms with E-state index in [1.54, 1.807) is 12.1 Å². The molecular weight excluding hydrogens is 258 g/mol. The van der Waals surface area contributed by atoms with E-state index in [9.17, 15) is 5.11 Å². The molecule has 0 radical (unpaired) electrons. The van der Waals surface area contributed by atoms with Gasteiger partial charge in [-0.3, -0.25) is 0 Å². The second-order valence-electron chi connectivity index (χ2n) is 5.29. The number of nitrogens with one attached hydrogen (secondary N) is 1. The van der Waals surface area contributed by atoms with Crippen molar-refractivity contribution in [3.8, 4) is 5.75 Å². The van der Waals surface area contributed by atoms with E-state index in [1.807, 2.05) is 12.1 Å². The average Bonchev–Trinajstić information content (AvgIpc) is 2.85. The van der Waals surface area contributed by atoms with Crippen molar-refractivity contribution in [3.63, 3.8) is 0 Å². The van der Waals surface area contributed by atoms with Gasteiger partial charge in [0.1, 0.15) is 12.4 Å². The minimum atomic E-state index is -0.119. The predicted molar refractivity (Wildman–Crippen MR) is 71.3 cm³/mol. The Labute approximate surface area is 116 Å². The quantitative estimate of drug-likeness (QED) is 0.854. The zero-order valence-electron chi connectivity index (χ0n) is 11.3. The summed E-state index contributed by atoms with van der Waals surface area (Å²) in [7, 11) is 0. The van der Waals surface area contributed by atoms with Gasteiger partial charge < -0.3 is 19.7 Å². The third-order valence-electron chi connectivity index (χ3n) is 3.35. The Bertz CT molecular complexity index is 576. The molecule has 0 bridgehead atoms. The number of aromatic hydroxyl groups is 1. The maximum atomic E-state index is 9.23. The summed E-state index contributed by atoms with van der Waals surface area (Å²) < 4.78 is 10.9. The summed E-state index contributed by atoms with van der Waals surface area (Å²) in [6.07, 6.45) is 0.572. The SMILES string of the molecule is CC1(OCc2nc(Cc3ccc(O)cc3)no2)CNC1. The number of hydrogen-bond donors (Lipinski definition) is 2. The van der Waals surface area contributed by atoms with E-state index in [1.165, 1.54) is 0 Å². The highest BCUT2D eigenvalue weighted by Crippen LogP contribution is 2.18. The molecule has 1 aliphatic rings. The van der Waals surface area contributed by atoms with Gasteiger partial charge in [-0.2, -0.15) is 4.98 Å². The van der Waals surface area contributed by atoms with Gasteiger partial charge in [0.15, 0.2) is 5.82 Å². The second kappa shape index (κ2) is 5.22. The van der Waals surface area contributed by atoms with Crippen LogP contribution in [0.15, 0.2) is 28.8 Å². The fourth-order valence-corrected chi connectivity index (χ4v) is 2.03. The van der Waals surface area contributed by atoms with E-state index in [0.29, 0.717) is 24.7 Å². The van der Waals surface area contributed by atoms with Crippen molar-refractivity contribution in [2.75, 3.05) is 13.1 Å². The van der Waals surface area contributed by atoms with Gasteiger partial charge in [0.2, 0.25) is 0 Å². The highest BCUT2D eigenvalue weighted by atomic mass is 16.5. The molecule has 20 heavy (non-hydrogen) atoms. The fourth-order valence-electron chi connectivity index (χ4n) is 2.03. The molecule has 1 aliphatic heterocycles. The Morgan fingerprint density at radius 3 is 2.75 bits per heavy atom. The van der Waals surface area contributed by atoms with Crippen LogP contribution in [-0.4, -0.2) is 33.9 Å². The summed E-state index contributed by atoms with van der Waals surface area (Å²) in [4.78, 5) is 4.30.